The van der Waals surface area contributed by atoms with Gasteiger partial charge >= 0.3 is 6.03 Å². The molecule has 144 valence electrons. The van der Waals surface area contributed by atoms with E-state index in [-0.39, 0.29) is 12.1 Å². The fraction of sp³-hybridized carbons (Fsp3) is 0.524. The number of fused-ring (bicyclic) bond motifs is 1. The normalized spacial score (nSPS) is 25.4. The van der Waals surface area contributed by atoms with Crippen LogP contribution in [0, 0.1) is 5.92 Å². The molecule has 2 aliphatic rings. The number of amides is 2. The van der Waals surface area contributed by atoms with E-state index in [2.05, 4.69) is 41.4 Å². The van der Waals surface area contributed by atoms with E-state index in [1.807, 2.05) is 41.0 Å². The monoisotopic (exact) mass is 367 g/mol. The first kappa shape index (κ1) is 18.0. The van der Waals surface area contributed by atoms with Crippen molar-refractivity contribution < 1.29 is 4.79 Å². The Morgan fingerprint density at radius 3 is 2.85 bits per heavy atom. The van der Waals surface area contributed by atoms with Gasteiger partial charge in [0.1, 0.15) is 0 Å². The number of aryl methyl sites for hydroxylation is 1. The van der Waals surface area contributed by atoms with Crippen molar-refractivity contribution >= 4 is 11.7 Å². The molecule has 3 heterocycles. The number of benzene rings is 1. The Morgan fingerprint density at radius 1 is 1.26 bits per heavy atom. The van der Waals surface area contributed by atoms with E-state index in [0.29, 0.717) is 18.4 Å². The third-order valence-electron chi connectivity index (χ3n) is 6.14. The number of likely N-dealkylation sites (tertiary alicyclic amines) is 1. The Balaban J connectivity index is 1.46. The maximum atomic E-state index is 12.9. The lowest BCUT2D eigenvalue weighted by atomic mass is 9.87. The highest BCUT2D eigenvalue weighted by atomic mass is 16.2. The third-order valence-corrected chi connectivity index (χ3v) is 6.14. The van der Waals surface area contributed by atoms with Crippen LogP contribution in [0.15, 0.2) is 36.5 Å². The summed E-state index contributed by atoms with van der Waals surface area (Å²) in [6.45, 7) is 4.70. The second-order valence-corrected chi connectivity index (χ2v) is 7.96. The molecule has 0 radical (unpaired) electrons. The molecule has 2 aliphatic heterocycles. The number of piperidine rings is 1. The lowest BCUT2D eigenvalue weighted by Crippen LogP contribution is -2.46. The molecule has 3 atom stereocenters. The van der Waals surface area contributed by atoms with E-state index >= 15 is 0 Å². The number of urea groups is 1. The number of aromatic nitrogens is 2. The van der Waals surface area contributed by atoms with Crippen molar-refractivity contribution in [2.45, 2.75) is 31.7 Å². The van der Waals surface area contributed by atoms with Crippen molar-refractivity contribution in [3.63, 3.8) is 0 Å². The number of nitrogens with one attached hydrogen (secondary N) is 1. The van der Waals surface area contributed by atoms with Crippen molar-refractivity contribution in [2.75, 3.05) is 31.6 Å². The summed E-state index contributed by atoms with van der Waals surface area (Å²) in [7, 11) is 4.17. The molecule has 0 saturated carbocycles. The molecule has 6 heteroatoms. The SMILES string of the molecule is CC1CN(C(=O)NC[C@@H]2CCCN(C)[C@H]2c2ccnn2C)c2ccccc21. The number of rotatable bonds is 3. The molecule has 1 unspecified atom stereocenters. The van der Waals surface area contributed by atoms with Crippen LogP contribution in [-0.4, -0.2) is 47.4 Å². The van der Waals surface area contributed by atoms with Gasteiger partial charge in [-0.2, -0.15) is 5.10 Å². The highest BCUT2D eigenvalue weighted by molar-refractivity contribution is 5.94. The van der Waals surface area contributed by atoms with Crippen LogP contribution in [0.1, 0.15) is 43.0 Å². The van der Waals surface area contributed by atoms with Gasteiger partial charge in [0.15, 0.2) is 0 Å². The molecular formula is C21H29N5O. The van der Waals surface area contributed by atoms with Gasteiger partial charge in [0, 0.05) is 37.9 Å². The molecular weight excluding hydrogens is 338 g/mol. The number of hydrogen-bond acceptors (Lipinski definition) is 3. The van der Waals surface area contributed by atoms with Crippen molar-refractivity contribution in [3.05, 3.63) is 47.8 Å². The summed E-state index contributed by atoms with van der Waals surface area (Å²) < 4.78 is 1.96. The zero-order valence-electron chi connectivity index (χ0n) is 16.4. The van der Waals surface area contributed by atoms with Gasteiger partial charge in [-0.3, -0.25) is 14.5 Å². The number of carbonyl (C=O) groups excluding carboxylic acids is 1. The number of anilines is 1. The van der Waals surface area contributed by atoms with Crippen molar-refractivity contribution in [3.8, 4) is 0 Å². The predicted octanol–water partition coefficient (Wildman–Crippen LogP) is 3.14. The molecule has 2 amide bonds. The standard InChI is InChI=1S/C21H29N5O/c1-15-14-26(18-9-5-4-8-17(15)18)21(27)22-13-16-7-6-12-24(2)20(16)19-10-11-23-25(19)3/h4-5,8-11,15-16,20H,6-7,12-14H2,1-3H3,(H,22,27)/t15?,16-,20+/m0/s1. The predicted molar refractivity (Wildman–Crippen MR) is 107 cm³/mol. The topological polar surface area (TPSA) is 53.4 Å². The summed E-state index contributed by atoms with van der Waals surface area (Å²) in [4.78, 5) is 17.2. The van der Waals surface area contributed by atoms with Gasteiger partial charge in [0.2, 0.25) is 0 Å². The lowest BCUT2D eigenvalue weighted by molar-refractivity contribution is 0.114. The molecule has 6 nitrogen and oxygen atoms in total. The Morgan fingerprint density at radius 2 is 2.07 bits per heavy atom. The van der Waals surface area contributed by atoms with Gasteiger partial charge in [-0.15, -0.1) is 0 Å². The lowest BCUT2D eigenvalue weighted by Gasteiger charge is -2.39. The Hall–Kier alpha value is -2.34. The largest absolute Gasteiger partial charge is 0.337 e. The fourth-order valence-corrected chi connectivity index (χ4v) is 4.74. The Bertz CT molecular complexity index is 816. The molecule has 27 heavy (non-hydrogen) atoms. The number of para-hydroxylation sites is 1. The van der Waals surface area contributed by atoms with Crippen LogP contribution in [0.4, 0.5) is 10.5 Å². The first-order valence-electron chi connectivity index (χ1n) is 9.88. The molecule has 2 aromatic rings. The molecule has 0 spiro atoms. The first-order chi connectivity index (χ1) is 13.1. The summed E-state index contributed by atoms with van der Waals surface area (Å²) >= 11 is 0. The molecule has 1 saturated heterocycles. The third kappa shape index (κ3) is 3.34. The highest BCUT2D eigenvalue weighted by Gasteiger charge is 2.34. The molecule has 0 aliphatic carbocycles. The van der Waals surface area contributed by atoms with Gasteiger partial charge in [0.05, 0.1) is 11.7 Å². The average Bonchev–Trinajstić information content (AvgIpc) is 3.23. The minimum Gasteiger partial charge on any atom is -0.337 e. The Labute approximate surface area is 161 Å². The molecule has 1 aromatic heterocycles. The summed E-state index contributed by atoms with van der Waals surface area (Å²) in [5.74, 6) is 0.772. The van der Waals surface area contributed by atoms with Gasteiger partial charge in [-0.25, -0.2) is 4.79 Å². The smallest absolute Gasteiger partial charge is 0.321 e. The van der Waals surface area contributed by atoms with E-state index in [4.69, 9.17) is 0 Å². The van der Waals surface area contributed by atoms with Crippen LogP contribution < -0.4 is 10.2 Å². The Kier molecular flexibility index (Phi) is 4.91. The zero-order valence-corrected chi connectivity index (χ0v) is 16.4. The number of carbonyl (C=O) groups is 1. The van der Waals surface area contributed by atoms with Crippen LogP contribution in [-0.2, 0) is 7.05 Å². The maximum absolute atomic E-state index is 12.9. The van der Waals surface area contributed by atoms with Crippen LogP contribution in [0.2, 0.25) is 0 Å². The minimum atomic E-state index is 0.0174. The second-order valence-electron chi connectivity index (χ2n) is 7.96. The van der Waals surface area contributed by atoms with Crippen molar-refractivity contribution in [1.29, 1.82) is 0 Å². The highest BCUT2D eigenvalue weighted by Crippen LogP contribution is 2.36. The second kappa shape index (κ2) is 7.35. The molecule has 4 rings (SSSR count). The van der Waals surface area contributed by atoms with Crippen LogP contribution in [0.3, 0.4) is 0 Å². The minimum absolute atomic E-state index is 0.0174. The molecule has 0 bridgehead atoms. The van der Waals surface area contributed by atoms with E-state index in [1.165, 1.54) is 11.3 Å². The molecule has 1 fully saturated rings. The van der Waals surface area contributed by atoms with Gasteiger partial charge in [0.25, 0.3) is 0 Å². The molecule has 1 aromatic carbocycles. The van der Waals surface area contributed by atoms with E-state index < -0.39 is 0 Å². The fourth-order valence-electron chi connectivity index (χ4n) is 4.74. The van der Waals surface area contributed by atoms with Gasteiger partial charge in [-0.1, -0.05) is 25.1 Å². The maximum Gasteiger partial charge on any atom is 0.321 e. The summed E-state index contributed by atoms with van der Waals surface area (Å²) in [6.07, 6.45) is 4.14. The molecule has 1 N–H and O–H groups in total. The van der Waals surface area contributed by atoms with Crippen LogP contribution in [0.25, 0.3) is 0 Å². The average molecular weight is 367 g/mol. The summed E-state index contributed by atoms with van der Waals surface area (Å²) in [6, 6.07) is 10.6. The number of nitrogens with zero attached hydrogens (tertiary/aromatic N) is 4. The van der Waals surface area contributed by atoms with Gasteiger partial charge < -0.3 is 5.32 Å². The van der Waals surface area contributed by atoms with Gasteiger partial charge in [-0.05, 0) is 50.0 Å². The first-order valence-corrected chi connectivity index (χ1v) is 9.88. The summed E-state index contributed by atoms with van der Waals surface area (Å²) in [5, 5.41) is 7.57. The van der Waals surface area contributed by atoms with E-state index in [0.717, 1.165) is 31.6 Å². The van der Waals surface area contributed by atoms with Crippen molar-refractivity contribution in [2.24, 2.45) is 13.0 Å². The van der Waals surface area contributed by atoms with Crippen LogP contribution in [0.5, 0.6) is 0 Å². The zero-order chi connectivity index (χ0) is 19.0. The summed E-state index contributed by atoms with van der Waals surface area (Å²) in [5.41, 5.74) is 3.53. The van der Waals surface area contributed by atoms with E-state index in [1.54, 1.807) is 0 Å². The van der Waals surface area contributed by atoms with Crippen molar-refractivity contribution in [1.82, 2.24) is 20.0 Å². The number of hydrogen-bond donors (Lipinski definition) is 1. The van der Waals surface area contributed by atoms with E-state index in [9.17, 15) is 4.79 Å². The quantitative estimate of drug-likeness (QED) is 0.907. The van der Waals surface area contributed by atoms with Crippen LogP contribution >= 0.6 is 0 Å².